The first-order chi connectivity index (χ1) is 11.0. The minimum Gasteiger partial charge on any atom is -0.464 e. The molecule has 2 atom stereocenters. The molecule has 1 heterocycles. The van der Waals surface area contributed by atoms with Crippen molar-refractivity contribution in [2.24, 2.45) is 0 Å². The number of aromatic nitrogens is 1. The number of nitrogens with zero attached hydrogens (tertiary/aromatic N) is 2. The average molecular weight is 317 g/mol. The summed E-state index contributed by atoms with van der Waals surface area (Å²) in [6.07, 6.45) is 0. The zero-order valence-corrected chi connectivity index (χ0v) is 13.9. The van der Waals surface area contributed by atoms with E-state index < -0.39 is 5.97 Å². The maximum Gasteiger partial charge on any atom is 0.360 e. The Morgan fingerprint density at radius 1 is 1.35 bits per heavy atom. The molecule has 0 fully saturated rings. The van der Waals surface area contributed by atoms with E-state index in [9.17, 15) is 4.79 Å². The van der Waals surface area contributed by atoms with E-state index in [-0.39, 0.29) is 17.8 Å². The lowest BCUT2D eigenvalue weighted by Crippen LogP contribution is -2.38. The van der Waals surface area contributed by atoms with Crippen molar-refractivity contribution < 1.29 is 14.1 Å². The van der Waals surface area contributed by atoms with Gasteiger partial charge >= 0.3 is 5.97 Å². The fourth-order valence-corrected chi connectivity index (χ4v) is 2.65. The summed E-state index contributed by atoms with van der Waals surface area (Å²) >= 11 is 0. The average Bonchev–Trinajstić information content (AvgIpc) is 3.02. The van der Waals surface area contributed by atoms with Gasteiger partial charge in [-0.05, 0) is 26.6 Å². The number of carbonyl (C=O) groups excluding carboxylic acids is 1. The van der Waals surface area contributed by atoms with Crippen LogP contribution in [0.25, 0.3) is 0 Å². The highest BCUT2D eigenvalue weighted by atomic mass is 16.5. The van der Waals surface area contributed by atoms with Crippen LogP contribution < -0.4 is 5.32 Å². The highest BCUT2D eigenvalue weighted by Gasteiger charge is 2.21. The van der Waals surface area contributed by atoms with Crippen LogP contribution in [0.1, 0.15) is 34.8 Å². The minimum atomic E-state index is -0.497. The molecule has 1 aromatic carbocycles. The number of likely N-dealkylation sites (N-methyl/N-ethyl adjacent to an activating group) is 1. The van der Waals surface area contributed by atoms with Gasteiger partial charge in [-0.2, -0.15) is 0 Å². The van der Waals surface area contributed by atoms with Gasteiger partial charge in [0.05, 0.1) is 13.7 Å². The summed E-state index contributed by atoms with van der Waals surface area (Å²) in [4.78, 5) is 13.5. The van der Waals surface area contributed by atoms with Gasteiger partial charge in [0.2, 0.25) is 0 Å². The molecule has 23 heavy (non-hydrogen) atoms. The van der Waals surface area contributed by atoms with E-state index in [1.807, 2.05) is 18.2 Å². The molecule has 0 radical (unpaired) electrons. The van der Waals surface area contributed by atoms with Gasteiger partial charge in [-0.15, -0.1) is 0 Å². The van der Waals surface area contributed by atoms with E-state index >= 15 is 0 Å². The molecule has 0 bridgehead atoms. The largest absolute Gasteiger partial charge is 0.464 e. The van der Waals surface area contributed by atoms with Gasteiger partial charge in [-0.1, -0.05) is 35.5 Å². The van der Waals surface area contributed by atoms with Crippen molar-refractivity contribution >= 4 is 5.97 Å². The van der Waals surface area contributed by atoms with E-state index in [0.29, 0.717) is 12.3 Å². The summed E-state index contributed by atoms with van der Waals surface area (Å²) in [6, 6.07) is 12.3. The van der Waals surface area contributed by atoms with E-state index in [1.54, 1.807) is 6.07 Å². The van der Waals surface area contributed by atoms with Gasteiger partial charge in [-0.25, -0.2) is 4.79 Å². The van der Waals surface area contributed by atoms with Gasteiger partial charge in [0.25, 0.3) is 0 Å². The Balaban J connectivity index is 2.01. The Bertz CT molecular complexity index is 625. The second-order valence-corrected chi connectivity index (χ2v) is 5.66. The number of rotatable bonds is 7. The summed E-state index contributed by atoms with van der Waals surface area (Å²) < 4.78 is 9.77. The van der Waals surface area contributed by atoms with Crippen LogP contribution in [-0.2, 0) is 11.3 Å². The van der Waals surface area contributed by atoms with Gasteiger partial charge in [-0.3, -0.25) is 0 Å². The summed E-state index contributed by atoms with van der Waals surface area (Å²) in [7, 11) is 5.43. The van der Waals surface area contributed by atoms with Crippen LogP contribution in [0.5, 0.6) is 0 Å². The topological polar surface area (TPSA) is 67.6 Å². The normalized spacial score (nSPS) is 13.8. The van der Waals surface area contributed by atoms with Crippen molar-refractivity contribution in [3.63, 3.8) is 0 Å². The number of hydrogen-bond acceptors (Lipinski definition) is 6. The maximum atomic E-state index is 11.4. The molecular weight excluding hydrogens is 294 g/mol. The molecule has 1 aromatic heterocycles. The predicted octanol–water partition coefficient (Wildman–Crippen LogP) is 2.24. The van der Waals surface area contributed by atoms with E-state index in [2.05, 4.69) is 53.3 Å². The number of methoxy groups -OCH3 is 1. The molecule has 0 aliphatic heterocycles. The molecule has 0 saturated carbocycles. The number of nitrogens with one attached hydrogen (secondary N) is 1. The molecule has 0 aliphatic rings. The lowest BCUT2D eigenvalue weighted by atomic mass is 9.99. The highest BCUT2D eigenvalue weighted by Crippen LogP contribution is 2.22. The molecule has 0 saturated heterocycles. The molecule has 0 aliphatic carbocycles. The van der Waals surface area contributed by atoms with E-state index in [1.165, 1.54) is 12.7 Å². The lowest BCUT2D eigenvalue weighted by molar-refractivity contribution is 0.0589. The van der Waals surface area contributed by atoms with Crippen molar-refractivity contribution in [3.8, 4) is 0 Å². The van der Waals surface area contributed by atoms with Crippen LogP contribution in [0.15, 0.2) is 40.9 Å². The Labute approximate surface area is 136 Å². The number of esters is 1. The maximum absolute atomic E-state index is 11.4. The minimum absolute atomic E-state index is 0.180. The van der Waals surface area contributed by atoms with Gasteiger partial charge in [0, 0.05) is 18.2 Å². The van der Waals surface area contributed by atoms with Crippen molar-refractivity contribution in [1.82, 2.24) is 15.4 Å². The number of benzene rings is 1. The number of carbonyl (C=O) groups is 1. The van der Waals surface area contributed by atoms with Gasteiger partial charge in [0.1, 0.15) is 0 Å². The lowest BCUT2D eigenvalue weighted by Gasteiger charge is -2.31. The summed E-state index contributed by atoms with van der Waals surface area (Å²) in [5, 5.41) is 7.12. The third-order valence-electron chi connectivity index (χ3n) is 3.72. The standard InChI is InChI=1S/C17H23N3O3/c1-12(16(20(2)3)13-8-6-5-7-9-13)18-11-14-10-15(19-23-14)17(21)22-4/h5-10,12,16,18H,11H2,1-4H3/t12-,16-/m0/s1. The van der Waals surface area contributed by atoms with Crippen molar-refractivity contribution in [1.29, 1.82) is 0 Å². The Morgan fingerprint density at radius 3 is 2.65 bits per heavy atom. The molecule has 0 unspecified atom stereocenters. The zero-order valence-electron chi connectivity index (χ0n) is 13.9. The fourth-order valence-electron chi connectivity index (χ4n) is 2.65. The molecule has 0 amide bonds. The molecule has 124 valence electrons. The summed E-state index contributed by atoms with van der Waals surface area (Å²) in [6.45, 7) is 2.61. The molecular formula is C17H23N3O3. The SMILES string of the molecule is COC(=O)c1cc(CN[C@@H](C)[C@@H](c2ccccc2)N(C)C)on1. The fraction of sp³-hybridized carbons (Fsp3) is 0.412. The van der Waals surface area contributed by atoms with Crippen LogP contribution in [0, 0.1) is 0 Å². The van der Waals surface area contributed by atoms with E-state index in [0.717, 1.165) is 0 Å². The van der Waals surface area contributed by atoms with Crippen LogP contribution in [0.3, 0.4) is 0 Å². The quantitative estimate of drug-likeness (QED) is 0.790. The number of hydrogen-bond donors (Lipinski definition) is 1. The van der Waals surface area contributed by atoms with Crippen LogP contribution in [0.2, 0.25) is 0 Å². The second kappa shape index (κ2) is 7.89. The number of ether oxygens (including phenoxy) is 1. The van der Waals surface area contributed by atoms with Crippen molar-refractivity contribution in [2.75, 3.05) is 21.2 Å². The third-order valence-corrected chi connectivity index (χ3v) is 3.72. The summed E-state index contributed by atoms with van der Waals surface area (Å²) in [5.41, 5.74) is 1.43. The first-order valence-corrected chi connectivity index (χ1v) is 7.51. The Morgan fingerprint density at radius 2 is 2.04 bits per heavy atom. The van der Waals surface area contributed by atoms with Crippen LogP contribution in [-0.4, -0.2) is 43.3 Å². The third kappa shape index (κ3) is 4.40. The smallest absolute Gasteiger partial charge is 0.360 e. The van der Waals surface area contributed by atoms with Gasteiger partial charge in [0.15, 0.2) is 11.5 Å². The molecule has 2 aromatic rings. The Kier molecular flexibility index (Phi) is 5.90. The second-order valence-electron chi connectivity index (χ2n) is 5.66. The molecule has 1 N–H and O–H groups in total. The molecule has 2 rings (SSSR count). The van der Waals surface area contributed by atoms with Crippen LogP contribution in [0.4, 0.5) is 0 Å². The van der Waals surface area contributed by atoms with Crippen LogP contribution >= 0.6 is 0 Å². The Hall–Kier alpha value is -2.18. The summed E-state index contributed by atoms with van der Waals surface area (Å²) in [5.74, 6) is 0.103. The molecule has 6 heteroatoms. The predicted molar refractivity (Wildman–Crippen MR) is 87.0 cm³/mol. The van der Waals surface area contributed by atoms with Gasteiger partial charge < -0.3 is 19.5 Å². The van der Waals surface area contributed by atoms with Crippen molar-refractivity contribution in [3.05, 3.63) is 53.4 Å². The van der Waals surface area contributed by atoms with Crippen molar-refractivity contribution in [2.45, 2.75) is 25.6 Å². The highest BCUT2D eigenvalue weighted by molar-refractivity contribution is 5.86. The molecule has 6 nitrogen and oxygen atoms in total. The first-order valence-electron chi connectivity index (χ1n) is 7.51. The monoisotopic (exact) mass is 317 g/mol. The zero-order chi connectivity index (χ0) is 16.8. The first kappa shape index (κ1) is 17.2. The van der Waals surface area contributed by atoms with E-state index in [4.69, 9.17) is 4.52 Å². The molecule has 0 spiro atoms.